The van der Waals surface area contributed by atoms with Crippen molar-refractivity contribution in [3.05, 3.63) is 41.7 Å². The average molecular weight is 263 g/mol. The van der Waals surface area contributed by atoms with Crippen molar-refractivity contribution < 1.29 is 0 Å². The number of hydrogen-bond acceptors (Lipinski definition) is 5. The minimum atomic E-state index is 0.539. The highest BCUT2D eigenvalue weighted by Crippen LogP contribution is 2.29. The highest BCUT2D eigenvalue weighted by Gasteiger charge is 2.05. The van der Waals surface area contributed by atoms with E-state index in [0.29, 0.717) is 11.0 Å². The zero-order chi connectivity index (χ0) is 11.7. The van der Waals surface area contributed by atoms with Crippen LogP contribution in [0.4, 0.5) is 11.1 Å². The van der Waals surface area contributed by atoms with Crippen molar-refractivity contribution >= 4 is 44.2 Å². The van der Waals surface area contributed by atoms with Crippen molar-refractivity contribution in [1.82, 2.24) is 15.0 Å². The van der Waals surface area contributed by atoms with E-state index in [0.717, 1.165) is 15.3 Å². The molecule has 0 spiro atoms. The van der Waals surface area contributed by atoms with Crippen molar-refractivity contribution in [1.29, 1.82) is 0 Å². The van der Waals surface area contributed by atoms with Gasteiger partial charge in [0.05, 0.1) is 10.2 Å². The maximum absolute atomic E-state index is 5.92. The minimum Gasteiger partial charge on any atom is -0.300 e. The lowest BCUT2D eigenvalue weighted by Gasteiger charge is -1.97. The summed E-state index contributed by atoms with van der Waals surface area (Å²) >= 11 is 7.44. The highest BCUT2D eigenvalue weighted by atomic mass is 35.5. The Morgan fingerprint density at radius 2 is 2.00 bits per heavy atom. The van der Waals surface area contributed by atoms with Crippen molar-refractivity contribution in [3.8, 4) is 0 Å². The van der Waals surface area contributed by atoms with Gasteiger partial charge in [0.2, 0.25) is 5.95 Å². The molecule has 3 rings (SSSR count). The molecule has 1 aromatic carbocycles. The number of rotatable bonds is 2. The van der Waals surface area contributed by atoms with Crippen molar-refractivity contribution in [2.45, 2.75) is 0 Å². The van der Waals surface area contributed by atoms with Gasteiger partial charge < -0.3 is 5.32 Å². The number of aromatic nitrogens is 3. The molecule has 4 nitrogen and oxygen atoms in total. The van der Waals surface area contributed by atoms with Crippen LogP contribution < -0.4 is 5.32 Å². The zero-order valence-electron chi connectivity index (χ0n) is 8.59. The van der Waals surface area contributed by atoms with Crippen LogP contribution in [0.5, 0.6) is 0 Å². The fourth-order valence-corrected chi connectivity index (χ4v) is 2.55. The van der Waals surface area contributed by atoms with Crippen LogP contribution in [0.2, 0.25) is 5.02 Å². The van der Waals surface area contributed by atoms with Crippen LogP contribution in [0.25, 0.3) is 10.2 Å². The predicted octanol–water partition coefficient (Wildman–Crippen LogP) is 3.48. The van der Waals surface area contributed by atoms with E-state index in [4.69, 9.17) is 11.6 Å². The highest BCUT2D eigenvalue weighted by molar-refractivity contribution is 7.22. The number of hydrogen-bond donors (Lipinski definition) is 1. The van der Waals surface area contributed by atoms with Crippen LogP contribution in [-0.4, -0.2) is 15.0 Å². The lowest BCUT2D eigenvalue weighted by molar-refractivity contribution is 1.16. The van der Waals surface area contributed by atoms with Gasteiger partial charge in [0.1, 0.15) is 0 Å². The van der Waals surface area contributed by atoms with Crippen LogP contribution in [-0.2, 0) is 0 Å². The maximum atomic E-state index is 5.92. The van der Waals surface area contributed by atoms with Gasteiger partial charge in [-0.2, -0.15) is 0 Å². The number of anilines is 2. The zero-order valence-corrected chi connectivity index (χ0v) is 10.2. The Bertz CT molecular complexity index is 653. The largest absolute Gasteiger partial charge is 0.300 e. The summed E-state index contributed by atoms with van der Waals surface area (Å²) in [4.78, 5) is 12.6. The molecule has 6 heteroatoms. The molecule has 0 unspecified atom stereocenters. The molecule has 1 N–H and O–H groups in total. The lowest BCUT2D eigenvalue weighted by atomic mass is 10.3. The predicted molar refractivity (Wildman–Crippen MR) is 69.9 cm³/mol. The number of nitrogens with zero attached hydrogens (tertiary/aromatic N) is 3. The Labute approximate surface area is 106 Å². The van der Waals surface area contributed by atoms with Gasteiger partial charge in [0.15, 0.2) is 5.13 Å². The molecule has 0 amide bonds. The van der Waals surface area contributed by atoms with E-state index < -0.39 is 0 Å². The van der Waals surface area contributed by atoms with Crippen LogP contribution in [0.1, 0.15) is 0 Å². The van der Waals surface area contributed by atoms with Crippen LogP contribution in [0.15, 0.2) is 36.7 Å². The third-order valence-electron chi connectivity index (χ3n) is 2.13. The van der Waals surface area contributed by atoms with Crippen LogP contribution >= 0.6 is 22.9 Å². The lowest BCUT2D eigenvalue weighted by Crippen LogP contribution is -1.94. The summed E-state index contributed by atoms with van der Waals surface area (Å²) in [7, 11) is 0. The summed E-state index contributed by atoms with van der Waals surface area (Å²) in [6, 6.07) is 7.38. The Morgan fingerprint density at radius 1 is 1.18 bits per heavy atom. The monoisotopic (exact) mass is 262 g/mol. The Balaban J connectivity index is 1.96. The molecule has 3 aromatic rings. The molecule has 0 atom stereocenters. The molecule has 0 radical (unpaired) electrons. The molecule has 2 aromatic heterocycles. The molecular formula is C11H7ClN4S. The van der Waals surface area contributed by atoms with E-state index in [1.54, 1.807) is 18.5 Å². The Hall–Kier alpha value is -1.72. The fraction of sp³-hybridized carbons (Fsp3) is 0. The maximum Gasteiger partial charge on any atom is 0.228 e. The fourth-order valence-electron chi connectivity index (χ4n) is 1.41. The number of thiazole rings is 1. The van der Waals surface area contributed by atoms with E-state index in [-0.39, 0.29) is 0 Å². The van der Waals surface area contributed by atoms with E-state index in [2.05, 4.69) is 20.3 Å². The van der Waals surface area contributed by atoms with Crippen LogP contribution in [0.3, 0.4) is 0 Å². The summed E-state index contributed by atoms with van der Waals surface area (Å²) in [6.07, 6.45) is 3.36. The third-order valence-corrected chi connectivity index (χ3v) is 3.30. The van der Waals surface area contributed by atoms with Gasteiger partial charge in [-0.1, -0.05) is 22.9 Å². The molecule has 0 saturated heterocycles. The quantitative estimate of drug-likeness (QED) is 0.768. The summed E-state index contributed by atoms with van der Waals surface area (Å²) in [5.74, 6) is 0.539. The second-order valence-corrected chi connectivity index (χ2v) is 4.80. The van der Waals surface area contributed by atoms with Gasteiger partial charge in [0.25, 0.3) is 0 Å². The van der Waals surface area contributed by atoms with E-state index in [1.807, 2.05) is 18.2 Å². The molecule has 84 valence electrons. The molecule has 0 aliphatic carbocycles. The molecule has 0 fully saturated rings. The van der Waals surface area contributed by atoms with Crippen molar-refractivity contribution in [2.75, 3.05) is 5.32 Å². The first-order chi connectivity index (χ1) is 8.31. The second kappa shape index (κ2) is 4.27. The molecule has 2 heterocycles. The van der Waals surface area contributed by atoms with Gasteiger partial charge in [0, 0.05) is 17.4 Å². The minimum absolute atomic E-state index is 0.539. The van der Waals surface area contributed by atoms with E-state index in [1.165, 1.54) is 11.3 Å². The first-order valence-electron chi connectivity index (χ1n) is 4.91. The van der Waals surface area contributed by atoms with E-state index >= 15 is 0 Å². The third kappa shape index (κ3) is 2.20. The van der Waals surface area contributed by atoms with Gasteiger partial charge in [-0.05, 0) is 24.3 Å². The topological polar surface area (TPSA) is 50.7 Å². The number of benzene rings is 1. The van der Waals surface area contributed by atoms with Crippen molar-refractivity contribution in [3.63, 3.8) is 0 Å². The molecule has 0 aliphatic rings. The molecule has 17 heavy (non-hydrogen) atoms. The number of fused-ring (bicyclic) bond motifs is 1. The number of halogens is 1. The van der Waals surface area contributed by atoms with Crippen molar-refractivity contribution in [2.24, 2.45) is 0 Å². The molecular weight excluding hydrogens is 256 g/mol. The second-order valence-electron chi connectivity index (χ2n) is 3.33. The first kappa shape index (κ1) is 10.4. The smallest absolute Gasteiger partial charge is 0.228 e. The molecule has 0 aliphatic heterocycles. The van der Waals surface area contributed by atoms with Gasteiger partial charge in [-0.15, -0.1) is 0 Å². The van der Waals surface area contributed by atoms with E-state index in [9.17, 15) is 0 Å². The first-order valence-corrected chi connectivity index (χ1v) is 6.11. The summed E-state index contributed by atoms with van der Waals surface area (Å²) in [5.41, 5.74) is 0.915. The number of nitrogens with one attached hydrogen (secondary N) is 1. The normalized spacial score (nSPS) is 10.6. The van der Waals surface area contributed by atoms with Gasteiger partial charge in [-0.25, -0.2) is 15.0 Å². The summed E-state index contributed by atoms with van der Waals surface area (Å²) in [6.45, 7) is 0. The average Bonchev–Trinajstić information content (AvgIpc) is 2.71. The Morgan fingerprint density at radius 3 is 2.82 bits per heavy atom. The molecule has 0 bridgehead atoms. The molecule has 0 saturated carbocycles. The Kier molecular flexibility index (Phi) is 2.62. The SMILES string of the molecule is Clc1ccc2nc(Nc3ncccn3)sc2c1. The summed E-state index contributed by atoms with van der Waals surface area (Å²) in [5, 5.41) is 4.52. The van der Waals surface area contributed by atoms with Crippen LogP contribution in [0, 0.1) is 0 Å². The van der Waals surface area contributed by atoms with Gasteiger partial charge in [-0.3, -0.25) is 0 Å². The van der Waals surface area contributed by atoms with Gasteiger partial charge >= 0.3 is 0 Å². The standard InChI is InChI=1S/C11H7ClN4S/c12-7-2-3-8-9(6-7)17-11(15-8)16-10-13-4-1-5-14-10/h1-6H,(H,13,14,15,16). The summed E-state index contributed by atoms with van der Waals surface area (Å²) < 4.78 is 1.04.